The van der Waals surface area contributed by atoms with Gasteiger partial charge in [-0.25, -0.2) is 23.5 Å². The zero-order valence-electron chi connectivity index (χ0n) is 36.3. The second-order valence-electron chi connectivity index (χ2n) is 18.8. The Bertz CT molecular complexity index is 2740. The van der Waals surface area contributed by atoms with E-state index < -0.39 is 52.4 Å². The summed E-state index contributed by atoms with van der Waals surface area (Å²) in [7, 11) is 1.64. The maximum atomic E-state index is 16.4. The minimum absolute atomic E-state index is 0.131. The molecule has 19 heteroatoms. The third kappa shape index (κ3) is 8.43. The maximum Gasteiger partial charge on any atom is 0.433 e. The molecule has 13 nitrogen and oxygen atoms in total. The number of para-hydroxylation sites is 1. The van der Waals surface area contributed by atoms with Crippen LogP contribution in [0.3, 0.4) is 0 Å². The number of hydrogen-bond acceptors (Lipinski definition) is 10. The molecule has 5 aromatic rings. The molecule has 1 aliphatic carbocycles. The molecule has 0 radical (unpaired) electrons. The van der Waals surface area contributed by atoms with E-state index in [1.165, 1.54) is 26.5 Å². The third-order valence-corrected chi connectivity index (χ3v) is 15.4. The highest BCUT2D eigenvalue weighted by molar-refractivity contribution is 7.18. The fraction of sp³-hybridized carbons (Fsp3) is 0.522. The van der Waals surface area contributed by atoms with Gasteiger partial charge in [-0.2, -0.15) is 13.2 Å². The number of benzene rings is 2. The number of imide groups is 1. The summed E-state index contributed by atoms with van der Waals surface area (Å²) in [5.41, 5.74) is -1.37. The molecule has 1 atom stereocenters. The largest absolute Gasteiger partial charge is 0.433 e. The number of anilines is 2. The Hall–Kier alpha value is -5.27. The van der Waals surface area contributed by atoms with Crippen LogP contribution in [0.1, 0.15) is 110 Å². The van der Waals surface area contributed by atoms with Gasteiger partial charge in [-0.1, -0.05) is 12.1 Å². The normalized spacial score (nSPS) is 23.0. The fourth-order valence-corrected chi connectivity index (χ4v) is 11.7. The zero-order valence-corrected chi connectivity index (χ0v) is 37.1. The number of likely N-dealkylation sites (tertiary alicyclic amines) is 1. The molecule has 3 aliphatic heterocycles. The molecule has 0 bridgehead atoms. The van der Waals surface area contributed by atoms with Gasteiger partial charge >= 0.3 is 11.9 Å². The first kappa shape index (κ1) is 44.9. The van der Waals surface area contributed by atoms with Crippen molar-refractivity contribution in [3.8, 4) is 0 Å². The highest BCUT2D eigenvalue weighted by atomic mass is 32.1. The van der Waals surface area contributed by atoms with Crippen LogP contribution in [0.2, 0.25) is 0 Å². The van der Waals surface area contributed by atoms with Crippen molar-refractivity contribution in [1.29, 1.82) is 0 Å². The molecule has 4 fully saturated rings. The summed E-state index contributed by atoms with van der Waals surface area (Å²) in [6.07, 6.45) is -0.0294. The van der Waals surface area contributed by atoms with Crippen LogP contribution in [0.4, 0.5) is 33.3 Å². The Morgan fingerprint density at radius 1 is 0.954 bits per heavy atom. The SMILES string of the molecule is Cn1c(=O)n(C2CCC(=O)NC2=O)c2cccc(N3CCC4(CCN(CC5CCC(c6nc7cc(C(C)(C)O)c(NC(=O)c8cccc(C(F)(F)F)n8)cc7s6)CC5)CC4(F)F)CC3)c21. The highest BCUT2D eigenvalue weighted by Crippen LogP contribution is 2.52. The Labute approximate surface area is 375 Å². The minimum Gasteiger partial charge on any atom is -0.386 e. The van der Waals surface area contributed by atoms with E-state index >= 15 is 8.78 Å². The number of piperidine rings is 3. The number of nitrogens with one attached hydrogen (secondary N) is 2. The average molecular weight is 923 g/mol. The topological polar surface area (TPSA) is 155 Å². The first-order valence-electron chi connectivity index (χ1n) is 22.1. The number of halogens is 5. The summed E-state index contributed by atoms with van der Waals surface area (Å²) in [5.74, 6) is -4.24. The Morgan fingerprint density at radius 2 is 1.66 bits per heavy atom. The summed E-state index contributed by atoms with van der Waals surface area (Å²) < 4.78 is 76.3. The first-order chi connectivity index (χ1) is 30.7. The zero-order chi connectivity index (χ0) is 46.2. The maximum absolute atomic E-state index is 16.4. The number of rotatable bonds is 8. The van der Waals surface area contributed by atoms with Crippen molar-refractivity contribution in [2.45, 2.75) is 101 Å². The molecule has 1 saturated carbocycles. The quantitative estimate of drug-likeness (QED) is 0.105. The summed E-state index contributed by atoms with van der Waals surface area (Å²) in [4.78, 5) is 63.6. The predicted molar refractivity (Wildman–Crippen MR) is 235 cm³/mol. The third-order valence-electron chi connectivity index (χ3n) is 14.2. The highest BCUT2D eigenvalue weighted by Gasteiger charge is 2.57. The predicted octanol–water partition coefficient (Wildman–Crippen LogP) is 7.72. The number of carbonyl (C=O) groups excluding carboxylic acids is 3. The van der Waals surface area contributed by atoms with Gasteiger partial charge < -0.3 is 15.3 Å². The van der Waals surface area contributed by atoms with Gasteiger partial charge in [0.25, 0.3) is 11.8 Å². The van der Waals surface area contributed by atoms with E-state index in [2.05, 4.69) is 20.5 Å². The second-order valence-corrected chi connectivity index (χ2v) is 19.9. The van der Waals surface area contributed by atoms with E-state index in [0.717, 1.165) is 53.2 Å². The van der Waals surface area contributed by atoms with Crippen LogP contribution in [0.5, 0.6) is 0 Å². The van der Waals surface area contributed by atoms with Crippen LogP contribution < -0.4 is 21.2 Å². The van der Waals surface area contributed by atoms with Crippen LogP contribution in [-0.4, -0.2) is 85.5 Å². The van der Waals surface area contributed by atoms with Gasteiger partial charge in [-0.15, -0.1) is 11.3 Å². The molecule has 1 unspecified atom stereocenters. The first-order valence-corrected chi connectivity index (χ1v) is 22.9. The van der Waals surface area contributed by atoms with Crippen LogP contribution in [0, 0.1) is 11.3 Å². The molecule has 65 heavy (non-hydrogen) atoms. The van der Waals surface area contributed by atoms with Gasteiger partial charge in [0.15, 0.2) is 0 Å². The standard InChI is InChI=1S/C46H51F5N8O5S/c1-43(2,64)28-22-31-35(23-30(28)53-39(61)29-6-4-9-36(52-29)46(49,50)51)65-41(54-31)27-12-10-26(11-13-27)24-57-19-16-44(45(47,48)25-57)17-20-58(21-18-44)32-7-5-8-33-38(32)56(3)42(63)59(33)34-14-15-37(60)55-40(34)62/h4-9,22-23,26-27,34,64H,10-21,24-25H2,1-3H3,(H,53,61)(H,55,60,62). The molecule has 6 heterocycles. The van der Waals surface area contributed by atoms with Crippen molar-refractivity contribution in [2.24, 2.45) is 18.4 Å². The van der Waals surface area contributed by atoms with E-state index in [1.54, 1.807) is 39.1 Å². The number of imidazole rings is 1. The Morgan fingerprint density at radius 3 is 2.34 bits per heavy atom. The Balaban J connectivity index is 0.818. The molecule has 3 aromatic heterocycles. The van der Waals surface area contributed by atoms with E-state index in [0.29, 0.717) is 67.6 Å². The molecule has 3 saturated heterocycles. The lowest BCUT2D eigenvalue weighted by molar-refractivity contribution is -0.179. The van der Waals surface area contributed by atoms with Crippen LogP contribution >= 0.6 is 11.3 Å². The van der Waals surface area contributed by atoms with Crippen molar-refractivity contribution in [3.63, 3.8) is 0 Å². The molecular formula is C46H51F5N8O5S. The van der Waals surface area contributed by atoms with Gasteiger partial charge in [-0.05, 0) is 114 Å². The average Bonchev–Trinajstić information content (AvgIpc) is 3.79. The van der Waals surface area contributed by atoms with E-state index in [-0.39, 0.29) is 48.5 Å². The lowest BCUT2D eigenvalue weighted by Crippen LogP contribution is -2.59. The van der Waals surface area contributed by atoms with E-state index in [4.69, 9.17) is 4.98 Å². The summed E-state index contributed by atoms with van der Waals surface area (Å²) >= 11 is 1.46. The van der Waals surface area contributed by atoms with Crippen LogP contribution in [0.25, 0.3) is 21.3 Å². The van der Waals surface area contributed by atoms with Crippen molar-refractivity contribution in [1.82, 2.24) is 29.3 Å². The number of fused-ring (bicyclic) bond motifs is 2. The molecule has 1 spiro atoms. The van der Waals surface area contributed by atoms with Gasteiger partial charge in [0.2, 0.25) is 11.8 Å². The number of thiazole rings is 1. The Kier molecular flexibility index (Phi) is 11.4. The van der Waals surface area contributed by atoms with Crippen molar-refractivity contribution in [3.05, 3.63) is 81.0 Å². The van der Waals surface area contributed by atoms with Gasteiger partial charge in [-0.3, -0.25) is 33.7 Å². The summed E-state index contributed by atoms with van der Waals surface area (Å²) in [6, 6.07) is 11.1. The summed E-state index contributed by atoms with van der Waals surface area (Å²) in [5, 5.41) is 16.9. The number of carbonyl (C=O) groups is 3. The molecular weight excluding hydrogens is 872 g/mol. The molecule has 4 aliphatic rings. The monoisotopic (exact) mass is 922 g/mol. The van der Waals surface area contributed by atoms with Crippen molar-refractivity contribution in [2.75, 3.05) is 42.9 Å². The van der Waals surface area contributed by atoms with Gasteiger partial charge in [0.1, 0.15) is 17.4 Å². The molecule has 9 rings (SSSR count). The molecule has 3 amide bonds. The van der Waals surface area contributed by atoms with E-state index in [1.807, 2.05) is 17.0 Å². The minimum atomic E-state index is -4.72. The number of aryl methyl sites for hydroxylation is 1. The number of amides is 3. The number of nitrogens with zero attached hydrogens (tertiary/aromatic N) is 6. The number of pyridine rings is 1. The number of hydrogen-bond donors (Lipinski definition) is 3. The second kappa shape index (κ2) is 16.6. The van der Waals surface area contributed by atoms with Gasteiger partial charge in [0, 0.05) is 55.7 Å². The number of alkyl halides is 5. The van der Waals surface area contributed by atoms with Crippen LogP contribution in [-0.2, 0) is 28.4 Å². The molecule has 2 aromatic carbocycles. The van der Waals surface area contributed by atoms with Gasteiger partial charge in [0.05, 0.1) is 44.1 Å². The number of aliphatic hydroxyl groups is 1. The number of aromatic nitrogens is 4. The van der Waals surface area contributed by atoms with E-state index in [9.17, 15) is 37.5 Å². The van der Waals surface area contributed by atoms with Crippen LogP contribution in [0.15, 0.2) is 53.3 Å². The molecule has 3 N–H and O–H groups in total. The lowest BCUT2D eigenvalue weighted by Gasteiger charge is -2.52. The molecule has 346 valence electrons. The lowest BCUT2D eigenvalue weighted by atomic mass is 9.68. The smallest absolute Gasteiger partial charge is 0.386 e. The summed E-state index contributed by atoms with van der Waals surface area (Å²) in [6.45, 7) is 4.76. The fourth-order valence-electron chi connectivity index (χ4n) is 10.6. The van der Waals surface area contributed by atoms with Crippen molar-refractivity contribution >= 4 is 61.7 Å². The van der Waals surface area contributed by atoms with Crippen molar-refractivity contribution < 1.29 is 41.4 Å².